The fourth-order valence-corrected chi connectivity index (χ4v) is 3.92. The van der Waals surface area contributed by atoms with Crippen LogP contribution in [-0.4, -0.2) is 36.3 Å². The molecule has 0 spiro atoms. The van der Waals surface area contributed by atoms with Gasteiger partial charge in [-0.15, -0.1) is 11.3 Å². The predicted molar refractivity (Wildman–Crippen MR) is 103 cm³/mol. The Morgan fingerprint density at radius 2 is 2.11 bits per heavy atom. The van der Waals surface area contributed by atoms with Gasteiger partial charge in [0.05, 0.1) is 16.1 Å². The van der Waals surface area contributed by atoms with Gasteiger partial charge in [-0.3, -0.25) is 5.10 Å². The average molecular weight is 380 g/mol. The van der Waals surface area contributed by atoms with Gasteiger partial charge in [-0.1, -0.05) is 31.5 Å². The Bertz CT molecular complexity index is 1150. The molecule has 0 radical (unpaired) electrons. The Balaban J connectivity index is 1.73. The van der Waals surface area contributed by atoms with Gasteiger partial charge in [-0.05, 0) is 18.1 Å². The van der Waals surface area contributed by atoms with E-state index in [2.05, 4.69) is 33.2 Å². The summed E-state index contributed by atoms with van der Waals surface area (Å²) in [6.45, 7) is 2.14. The number of rotatable bonds is 5. The number of para-hydroxylation sites is 1. The van der Waals surface area contributed by atoms with Crippen molar-refractivity contribution in [2.24, 2.45) is 0 Å². The van der Waals surface area contributed by atoms with Gasteiger partial charge in [0, 0.05) is 23.3 Å². The van der Waals surface area contributed by atoms with Crippen LogP contribution < -0.4 is 0 Å². The van der Waals surface area contributed by atoms with E-state index in [0.717, 1.165) is 34.3 Å². The first-order valence-corrected chi connectivity index (χ1v) is 9.25. The first-order valence-electron chi connectivity index (χ1n) is 8.43. The van der Waals surface area contributed by atoms with Crippen LogP contribution in [-0.2, 0) is 6.42 Å². The van der Waals surface area contributed by atoms with Gasteiger partial charge in [0.25, 0.3) is 0 Å². The minimum atomic E-state index is -1.27. The van der Waals surface area contributed by atoms with Crippen molar-refractivity contribution in [1.82, 2.24) is 20.2 Å². The van der Waals surface area contributed by atoms with Crippen LogP contribution in [0.4, 0.5) is 0 Å². The third-order valence-corrected chi connectivity index (χ3v) is 5.32. The predicted octanol–water partition coefficient (Wildman–Crippen LogP) is 4.10. The standard InChI is InChI=1S/C19H16N4O3S/c1-2-4-10-5-3-6-12-15(10)22-23-16(12)14-9-21-18(27-14)11-7-13(24)17(19(25)26)20-8-11/h3,5-9,24H,2,4H2,1H3,(H,22,23)(H,25,26). The molecule has 0 aliphatic rings. The first kappa shape index (κ1) is 17.2. The Hall–Kier alpha value is -3.26. The van der Waals surface area contributed by atoms with Gasteiger partial charge in [0.15, 0.2) is 5.69 Å². The zero-order valence-corrected chi connectivity index (χ0v) is 15.2. The molecule has 4 aromatic rings. The fraction of sp³-hybridized carbons (Fsp3) is 0.158. The van der Waals surface area contributed by atoms with E-state index in [1.807, 2.05) is 12.1 Å². The Kier molecular flexibility index (Phi) is 4.33. The van der Waals surface area contributed by atoms with E-state index in [-0.39, 0.29) is 11.4 Å². The molecule has 1 aromatic carbocycles. The quantitative estimate of drug-likeness (QED) is 0.480. The van der Waals surface area contributed by atoms with Crippen LogP contribution in [0.15, 0.2) is 36.7 Å². The topological polar surface area (TPSA) is 112 Å². The molecule has 0 aliphatic heterocycles. The molecule has 27 heavy (non-hydrogen) atoms. The molecule has 136 valence electrons. The number of aryl methyl sites for hydroxylation is 1. The lowest BCUT2D eigenvalue weighted by Gasteiger charge is -2.01. The number of H-pyrrole nitrogens is 1. The molecule has 0 amide bonds. The summed E-state index contributed by atoms with van der Waals surface area (Å²) in [5.41, 5.74) is 3.25. The lowest BCUT2D eigenvalue weighted by molar-refractivity contribution is 0.0687. The minimum absolute atomic E-state index is 0.376. The van der Waals surface area contributed by atoms with E-state index < -0.39 is 5.97 Å². The summed E-state index contributed by atoms with van der Waals surface area (Å²) in [4.78, 5) is 20.1. The molecule has 0 aliphatic carbocycles. The highest BCUT2D eigenvalue weighted by Gasteiger charge is 2.16. The van der Waals surface area contributed by atoms with E-state index >= 15 is 0 Å². The number of nitrogens with one attached hydrogen (secondary N) is 1. The molecule has 4 rings (SSSR count). The van der Waals surface area contributed by atoms with Crippen molar-refractivity contribution in [1.29, 1.82) is 0 Å². The minimum Gasteiger partial charge on any atom is -0.505 e. The molecule has 3 N–H and O–H groups in total. The number of aromatic nitrogens is 4. The van der Waals surface area contributed by atoms with E-state index in [9.17, 15) is 9.90 Å². The summed E-state index contributed by atoms with van der Waals surface area (Å²) in [7, 11) is 0. The maximum Gasteiger partial charge on any atom is 0.358 e. The van der Waals surface area contributed by atoms with Crippen LogP contribution in [0.1, 0.15) is 29.4 Å². The number of carboxylic acids is 1. The van der Waals surface area contributed by atoms with Gasteiger partial charge in [-0.2, -0.15) is 5.10 Å². The highest BCUT2D eigenvalue weighted by Crippen LogP contribution is 2.36. The summed E-state index contributed by atoms with van der Waals surface area (Å²) >= 11 is 1.42. The number of aromatic carboxylic acids is 1. The van der Waals surface area contributed by atoms with Crippen molar-refractivity contribution in [2.45, 2.75) is 19.8 Å². The van der Waals surface area contributed by atoms with Crippen LogP contribution in [0.3, 0.4) is 0 Å². The van der Waals surface area contributed by atoms with Crippen molar-refractivity contribution in [3.05, 3.63) is 47.9 Å². The van der Waals surface area contributed by atoms with E-state index in [1.54, 1.807) is 6.20 Å². The monoisotopic (exact) mass is 380 g/mol. The molecule has 3 heterocycles. The van der Waals surface area contributed by atoms with Crippen molar-refractivity contribution in [3.8, 4) is 26.9 Å². The molecule has 3 aromatic heterocycles. The second-order valence-corrected chi connectivity index (χ2v) is 7.12. The van der Waals surface area contributed by atoms with Crippen LogP contribution in [0.2, 0.25) is 0 Å². The van der Waals surface area contributed by atoms with Crippen LogP contribution in [0.5, 0.6) is 5.75 Å². The van der Waals surface area contributed by atoms with Gasteiger partial charge in [0.1, 0.15) is 10.8 Å². The number of thiazole rings is 1. The second kappa shape index (κ2) is 6.81. The molecule has 0 unspecified atom stereocenters. The fourth-order valence-electron chi connectivity index (χ4n) is 3.01. The summed E-state index contributed by atoms with van der Waals surface area (Å²) in [6, 6.07) is 7.51. The molecule has 7 nitrogen and oxygen atoms in total. The number of hydrogen-bond donors (Lipinski definition) is 3. The van der Waals surface area contributed by atoms with Crippen molar-refractivity contribution in [2.75, 3.05) is 0 Å². The number of nitrogens with zero attached hydrogens (tertiary/aromatic N) is 3. The van der Waals surface area contributed by atoms with Gasteiger partial charge in [-0.25, -0.2) is 14.8 Å². The van der Waals surface area contributed by atoms with Gasteiger partial charge < -0.3 is 10.2 Å². The Morgan fingerprint density at radius 3 is 2.85 bits per heavy atom. The lowest BCUT2D eigenvalue weighted by Crippen LogP contribution is -2.00. The van der Waals surface area contributed by atoms with E-state index in [0.29, 0.717) is 10.6 Å². The maximum absolute atomic E-state index is 11.0. The summed E-state index contributed by atoms with van der Waals surface area (Å²) < 4.78 is 0. The van der Waals surface area contributed by atoms with Crippen LogP contribution >= 0.6 is 11.3 Å². The van der Waals surface area contributed by atoms with Crippen molar-refractivity contribution >= 4 is 28.2 Å². The smallest absolute Gasteiger partial charge is 0.358 e. The number of carboxylic acid groups (broad SMARTS) is 1. The molecular weight excluding hydrogens is 364 g/mol. The van der Waals surface area contributed by atoms with Crippen molar-refractivity contribution < 1.29 is 15.0 Å². The molecule has 0 fully saturated rings. The highest BCUT2D eigenvalue weighted by atomic mass is 32.1. The Labute approximate surface area is 158 Å². The number of hydrogen-bond acceptors (Lipinski definition) is 6. The molecule has 8 heteroatoms. The largest absolute Gasteiger partial charge is 0.505 e. The number of benzene rings is 1. The van der Waals surface area contributed by atoms with Gasteiger partial charge in [0.2, 0.25) is 0 Å². The van der Waals surface area contributed by atoms with Crippen LogP contribution in [0, 0.1) is 0 Å². The van der Waals surface area contributed by atoms with E-state index in [1.165, 1.54) is 29.2 Å². The zero-order chi connectivity index (χ0) is 19.0. The summed E-state index contributed by atoms with van der Waals surface area (Å²) in [5.74, 6) is -1.65. The maximum atomic E-state index is 11.0. The molecule has 0 saturated heterocycles. The Morgan fingerprint density at radius 1 is 1.26 bits per heavy atom. The second-order valence-electron chi connectivity index (χ2n) is 6.09. The number of aromatic hydroxyl groups is 1. The number of pyridine rings is 1. The lowest BCUT2D eigenvalue weighted by atomic mass is 10.1. The number of carbonyl (C=O) groups is 1. The normalized spacial score (nSPS) is 11.1. The average Bonchev–Trinajstić information content (AvgIpc) is 3.29. The summed E-state index contributed by atoms with van der Waals surface area (Å²) in [6.07, 6.45) is 5.16. The first-order chi connectivity index (χ1) is 13.1. The van der Waals surface area contributed by atoms with Gasteiger partial charge >= 0.3 is 5.97 Å². The number of aromatic amines is 1. The number of fused-ring (bicyclic) bond motifs is 1. The van der Waals surface area contributed by atoms with Crippen LogP contribution in [0.25, 0.3) is 32.0 Å². The zero-order valence-electron chi connectivity index (χ0n) is 14.4. The van der Waals surface area contributed by atoms with Crippen molar-refractivity contribution in [3.63, 3.8) is 0 Å². The molecular formula is C19H16N4O3S. The van der Waals surface area contributed by atoms with E-state index in [4.69, 9.17) is 5.11 Å². The molecule has 0 bridgehead atoms. The SMILES string of the molecule is CCCc1cccc2c(-c3cnc(-c4cnc(C(=O)O)c(O)c4)s3)[nH]nc12. The molecule has 0 saturated carbocycles. The third kappa shape index (κ3) is 3.04. The summed E-state index contributed by atoms with van der Waals surface area (Å²) in [5, 5.41) is 28.1. The third-order valence-electron chi connectivity index (χ3n) is 4.26. The molecule has 0 atom stereocenters. The highest BCUT2D eigenvalue weighted by molar-refractivity contribution is 7.18.